The predicted octanol–water partition coefficient (Wildman–Crippen LogP) is 4.35. The Morgan fingerprint density at radius 3 is 2.43 bits per heavy atom. The molecule has 0 saturated heterocycles. The van der Waals surface area contributed by atoms with Gasteiger partial charge in [-0.1, -0.05) is 28.1 Å². The maximum Gasteiger partial charge on any atom is 0.310 e. The molecule has 21 heavy (non-hydrogen) atoms. The van der Waals surface area contributed by atoms with Crippen LogP contribution in [0.2, 0.25) is 0 Å². The van der Waals surface area contributed by atoms with E-state index >= 15 is 0 Å². The van der Waals surface area contributed by atoms with Crippen molar-refractivity contribution in [3.63, 3.8) is 0 Å². The van der Waals surface area contributed by atoms with E-state index in [-0.39, 0.29) is 18.0 Å². The summed E-state index contributed by atoms with van der Waals surface area (Å²) in [7, 11) is 0. The van der Waals surface area contributed by atoms with Gasteiger partial charge in [0.25, 0.3) is 0 Å². The maximum atomic E-state index is 13.1. The van der Waals surface area contributed by atoms with Gasteiger partial charge in [-0.25, -0.2) is 8.78 Å². The zero-order chi connectivity index (χ0) is 15.4. The molecule has 0 spiro atoms. The van der Waals surface area contributed by atoms with Gasteiger partial charge in [0, 0.05) is 11.4 Å². The zero-order valence-corrected chi connectivity index (χ0v) is 12.3. The van der Waals surface area contributed by atoms with Crippen molar-refractivity contribution < 1.29 is 18.4 Å². The molecule has 2 aromatic carbocycles. The summed E-state index contributed by atoms with van der Waals surface area (Å²) < 4.78 is 31.3. The molecule has 0 saturated carbocycles. The molecule has 0 N–H and O–H groups in total. The number of halogens is 3. The largest absolute Gasteiger partial charge is 0.482 e. The Labute approximate surface area is 127 Å². The average molecular weight is 358 g/mol. The third kappa shape index (κ3) is 3.75. The van der Waals surface area contributed by atoms with Gasteiger partial charge in [0.05, 0.1) is 4.92 Å². The number of alkyl halides is 1. The number of rotatable bonds is 5. The lowest BCUT2D eigenvalue weighted by Gasteiger charge is -2.08. The van der Waals surface area contributed by atoms with Gasteiger partial charge in [-0.3, -0.25) is 10.1 Å². The van der Waals surface area contributed by atoms with Crippen molar-refractivity contribution in [3.05, 3.63) is 69.3 Å². The summed E-state index contributed by atoms with van der Waals surface area (Å²) in [5, 5.41) is 11.5. The molecule has 0 bridgehead atoms. The SMILES string of the molecule is O=[N+]([O-])c1ccc(CBr)cc1OCc1ccc(F)c(F)c1. The van der Waals surface area contributed by atoms with Crippen LogP contribution in [-0.2, 0) is 11.9 Å². The van der Waals surface area contributed by atoms with Gasteiger partial charge in [0.1, 0.15) is 6.61 Å². The van der Waals surface area contributed by atoms with Crippen molar-refractivity contribution >= 4 is 21.6 Å². The minimum atomic E-state index is -0.986. The number of hydrogen-bond acceptors (Lipinski definition) is 3. The second-order valence-electron chi connectivity index (χ2n) is 4.23. The number of nitrogens with zero attached hydrogens (tertiary/aromatic N) is 1. The number of hydrogen-bond donors (Lipinski definition) is 0. The number of nitro groups is 1. The van der Waals surface area contributed by atoms with Crippen molar-refractivity contribution in [2.45, 2.75) is 11.9 Å². The highest BCUT2D eigenvalue weighted by atomic mass is 79.9. The van der Waals surface area contributed by atoms with Crippen LogP contribution in [0.3, 0.4) is 0 Å². The highest BCUT2D eigenvalue weighted by Crippen LogP contribution is 2.29. The molecular weight excluding hydrogens is 348 g/mol. The lowest BCUT2D eigenvalue weighted by Crippen LogP contribution is -2.00. The molecule has 0 aliphatic heterocycles. The Kier molecular flexibility index (Phi) is 4.85. The first-order valence-corrected chi connectivity index (χ1v) is 7.03. The Morgan fingerprint density at radius 2 is 1.81 bits per heavy atom. The first-order chi connectivity index (χ1) is 10.0. The van der Waals surface area contributed by atoms with E-state index in [0.717, 1.165) is 17.7 Å². The Morgan fingerprint density at radius 1 is 1.10 bits per heavy atom. The molecular formula is C14H10BrF2NO3. The van der Waals surface area contributed by atoms with Gasteiger partial charge in [0.2, 0.25) is 0 Å². The lowest BCUT2D eigenvalue weighted by atomic mass is 10.2. The van der Waals surface area contributed by atoms with Gasteiger partial charge < -0.3 is 4.74 Å². The van der Waals surface area contributed by atoms with Crippen molar-refractivity contribution in [2.24, 2.45) is 0 Å². The first kappa shape index (κ1) is 15.4. The minimum Gasteiger partial charge on any atom is -0.482 e. The number of nitro benzene ring substituents is 1. The maximum absolute atomic E-state index is 13.1. The normalized spacial score (nSPS) is 10.4. The van der Waals surface area contributed by atoms with Crippen molar-refractivity contribution in [1.29, 1.82) is 0 Å². The van der Waals surface area contributed by atoms with E-state index in [0.29, 0.717) is 10.9 Å². The molecule has 0 amide bonds. The second-order valence-corrected chi connectivity index (χ2v) is 4.79. The van der Waals surface area contributed by atoms with E-state index in [2.05, 4.69) is 15.9 Å². The molecule has 0 heterocycles. The predicted molar refractivity (Wildman–Crippen MR) is 76.4 cm³/mol. The smallest absolute Gasteiger partial charge is 0.310 e. The molecule has 0 aromatic heterocycles. The molecule has 0 unspecified atom stereocenters. The minimum absolute atomic E-state index is 0.0849. The van der Waals surface area contributed by atoms with Crippen LogP contribution in [0.5, 0.6) is 5.75 Å². The Hall–Kier alpha value is -2.02. The van der Waals surface area contributed by atoms with E-state index in [1.165, 1.54) is 18.2 Å². The summed E-state index contributed by atoms with van der Waals surface area (Å²) in [5.41, 5.74) is 1.01. The topological polar surface area (TPSA) is 52.4 Å². The monoisotopic (exact) mass is 357 g/mol. The van der Waals surface area contributed by atoms with Crippen LogP contribution in [0.1, 0.15) is 11.1 Å². The third-order valence-electron chi connectivity index (χ3n) is 2.75. The quantitative estimate of drug-likeness (QED) is 0.454. The van der Waals surface area contributed by atoms with Gasteiger partial charge in [-0.05, 0) is 29.3 Å². The van der Waals surface area contributed by atoms with E-state index in [9.17, 15) is 18.9 Å². The summed E-state index contributed by atoms with van der Waals surface area (Å²) in [6.45, 7) is -0.0935. The number of ether oxygens (including phenoxy) is 1. The number of benzene rings is 2. The van der Waals surface area contributed by atoms with Crippen LogP contribution in [0, 0.1) is 21.7 Å². The zero-order valence-electron chi connectivity index (χ0n) is 10.7. The van der Waals surface area contributed by atoms with Gasteiger partial charge in [-0.15, -0.1) is 0 Å². The van der Waals surface area contributed by atoms with Crippen molar-refractivity contribution in [1.82, 2.24) is 0 Å². The van der Waals surface area contributed by atoms with Crippen LogP contribution < -0.4 is 4.74 Å². The summed E-state index contributed by atoms with van der Waals surface area (Å²) in [6, 6.07) is 7.83. The van der Waals surface area contributed by atoms with E-state index < -0.39 is 16.6 Å². The average Bonchev–Trinajstić information content (AvgIpc) is 2.48. The Bertz CT molecular complexity index is 679. The molecule has 7 heteroatoms. The van der Waals surface area contributed by atoms with Gasteiger partial charge in [0.15, 0.2) is 17.4 Å². The molecule has 110 valence electrons. The molecule has 2 rings (SSSR count). The summed E-state index contributed by atoms with van der Waals surface area (Å²) in [5.74, 6) is -1.85. The van der Waals surface area contributed by atoms with Crippen LogP contribution in [-0.4, -0.2) is 4.92 Å². The fraction of sp³-hybridized carbons (Fsp3) is 0.143. The Balaban J connectivity index is 2.21. The van der Waals surface area contributed by atoms with Crippen LogP contribution in [0.25, 0.3) is 0 Å². The highest BCUT2D eigenvalue weighted by Gasteiger charge is 2.16. The van der Waals surface area contributed by atoms with E-state index in [4.69, 9.17) is 4.74 Å². The molecule has 4 nitrogen and oxygen atoms in total. The summed E-state index contributed by atoms with van der Waals surface area (Å²) in [4.78, 5) is 10.4. The van der Waals surface area contributed by atoms with Crippen LogP contribution >= 0.6 is 15.9 Å². The molecule has 0 aliphatic carbocycles. The van der Waals surface area contributed by atoms with Gasteiger partial charge >= 0.3 is 5.69 Å². The van der Waals surface area contributed by atoms with Crippen LogP contribution in [0.15, 0.2) is 36.4 Å². The molecule has 0 radical (unpaired) electrons. The highest BCUT2D eigenvalue weighted by molar-refractivity contribution is 9.08. The fourth-order valence-corrected chi connectivity index (χ4v) is 2.05. The molecule has 0 fully saturated rings. The molecule has 0 atom stereocenters. The third-order valence-corrected chi connectivity index (χ3v) is 3.40. The van der Waals surface area contributed by atoms with Crippen molar-refractivity contribution in [2.75, 3.05) is 0 Å². The molecule has 0 aliphatic rings. The lowest BCUT2D eigenvalue weighted by molar-refractivity contribution is -0.386. The van der Waals surface area contributed by atoms with Crippen molar-refractivity contribution in [3.8, 4) is 5.75 Å². The van der Waals surface area contributed by atoms with Crippen LogP contribution in [0.4, 0.5) is 14.5 Å². The van der Waals surface area contributed by atoms with Gasteiger partial charge in [-0.2, -0.15) is 0 Å². The standard InChI is InChI=1S/C14H10BrF2NO3/c15-7-9-2-4-13(18(19)20)14(6-9)21-8-10-1-3-11(16)12(17)5-10/h1-6H,7-8H2. The van der Waals surface area contributed by atoms with E-state index in [1.54, 1.807) is 6.07 Å². The summed E-state index contributed by atoms with van der Waals surface area (Å²) in [6.07, 6.45) is 0. The first-order valence-electron chi connectivity index (χ1n) is 5.91. The molecule has 2 aromatic rings. The summed E-state index contributed by atoms with van der Waals surface area (Å²) >= 11 is 3.25. The van der Waals surface area contributed by atoms with E-state index in [1.807, 2.05) is 0 Å². The fourth-order valence-electron chi connectivity index (χ4n) is 1.70. The second kappa shape index (κ2) is 6.62.